The maximum Gasteiger partial charge on any atom is 0.125 e. The zero-order valence-corrected chi connectivity index (χ0v) is 10.2. The lowest BCUT2D eigenvalue weighted by molar-refractivity contribution is 0.191. The fraction of sp³-hybridized carbons (Fsp3) is 0.200. The number of aliphatic hydroxyl groups excluding tert-OH is 1. The molecule has 0 radical (unpaired) electrons. The Hall–Kier alpha value is -1.87. The van der Waals surface area contributed by atoms with Crippen LogP contribution in [0.15, 0.2) is 48.5 Å². The third-order valence-corrected chi connectivity index (χ3v) is 2.73. The lowest BCUT2D eigenvalue weighted by Crippen LogP contribution is -2.12. The molecule has 0 fully saturated rings. The summed E-state index contributed by atoms with van der Waals surface area (Å²) in [6.45, 7) is 2.19. The van der Waals surface area contributed by atoms with Crippen molar-refractivity contribution < 1.29 is 9.50 Å². The van der Waals surface area contributed by atoms with Gasteiger partial charge < -0.3 is 10.4 Å². The van der Waals surface area contributed by atoms with Crippen LogP contribution in [0.4, 0.5) is 10.1 Å². The highest BCUT2D eigenvalue weighted by atomic mass is 19.1. The van der Waals surface area contributed by atoms with Gasteiger partial charge in [-0.1, -0.05) is 30.3 Å². The van der Waals surface area contributed by atoms with Crippen molar-refractivity contribution in [1.29, 1.82) is 0 Å². The third kappa shape index (κ3) is 3.31. The van der Waals surface area contributed by atoms with Gasteiger partial charge in [0.05, 0.1) is 6.10 Å². The molecule has 0 aliphatic carbocycles. The number of rotatable bonds is 4. The Morgan fingerprint density at radius 2 is 1.89 bits per heavy atom. The lowest BCUT2D eigenvalue weighted by atomic mass is 10.1. The van der Waals surface area contributed by atoms with Gasteiger partial charge in [0.15, 0.2) is 0 Å². The van der Waals surface area contributed by atoms with Gasteiger partial charge in [-0.3, -0.25) is 0 Å². The van der Waals surface area contributed by atoms with E-state index < -0.39 is 6.10 Å². The molecule has 2 aromatic carbocycles. The van der Waals surface area contributed by atoms with Crippen LogP contribution in [0, 0.1) is 12.7 Å². The van der Waals surface area contributed by atoms with Crippen LogP contribution in [0.2, 0.25) is 0 Å². The maximum atomic E-state index is 13.2. The number of aryl methyl sites for hydroxylation is 1. The van der Waals surface area contributed by atoms with E-state index in [4.69, 9.17) is 0 Å². The van der Waals surface area contributed by atoms with Crippen molar-refractivity contribution in [3.8, 4) is 0 Å². The van der Waals surface area contributed by atoms with E-state index in [1.807, 2.05) is 43.3 Å². The number of aliphatic hydroxyl groups is 1. The van der Waals surface area contributed by atoms with Gasteiger partial charge in [0, 0.05) is 12.2 Å². The van der Waals surface area contributed by atoms with Gasteiger partial charge in [0.1, 0.15) is 5.82 Å². The number of halogens is 1. The zero-order valence-electron chi connectivity index (χ0n) is 10.2. The monoisotopic (exact) mass is 245 g/mol. The fourth-order valence-corrected chi connectivity index (χ4v) is 1.85. The Morgan fingerprint density at radius 1 is 1.17 bits per heavy atom. The summed E-state index contributed by atoms with van der Waals surface area (Å²) in [5.41, 5.74) is 2.38. The molecule has 94 valence electrons. The van der Waals surface area contributed by atoms with E-state index in [1.54, 1.807) is 0 Å². The number of nitrogens with one attached hydrogen (secondary N) is 1. The first-order valence-corrected chi connectivity index (χ1v) is 5.89. The summed E-state index contributed by atoms with van der Waals surface area (Å²) >= 11 is 0. The Bertz CT molecular complexity index is 493. The van der Waals surface area contributed by atoms with Crippen LogP contribution in [-0.2, 0) is 0 Å². The molecule has 0 heterocycles. The minimum absolute atomic E-state index is 0.272. The first-order chi connectivity index (χ1) is 8.65. The molecule has 1 atom stereocenters. The summed E-state index contributed by atoms with van der Waals surface area (Å²) in [5.74, 6) is -0.272. The van der Waals surface area contributed by atoms with Gasteiger partial charge in [-0.15, -0.1) is 0 Å². The molecular formula is C15H16FNO. The first-order valence-electron chi connectivity index (χ1n) is 5.89. The minimum atomic E-state index is -0.602. The van der Waals surface area contributed by atoms with Crippen LogP contribution < -0.4 is 5.32 Å². The number of benzene rings is 2. The van der Waals surface area contributed by atoms with Gasteiger partial charge >= 0.3 is 0 Å². The maximum absolute atomic E-state index is 13.2. The summed E-state index contributed by atoms with van der Waals surface area (Å²) in [5, 5.41) is 13.0. The summed E-state index contributed by atoms with van der Waals surface area (Å²) in [6.07, 6.45) is -0.602. The normalized spacial score (nSPS) is 12.2. The molecule has 3 heteroatoms. The van der Waals surface area contributed by atoms with Crippen LogP contribution >= 0.6 is 0 Å². The summed E-state index contributed by atoms with van der Waals surface area (Å²) < 4.78 is 13.2. The van der Waals surface area contributed by atoms with E-state index in [2.05, 4.69) is 5.32 Å². The molecule has 0 aliphatic rings. The molecular weight excluding hydrogens is 229 g/mol. The molecule has 2 aromatic rings. The molecule has 2 N–H and O–H groups in total. The average Bonchev–Trinajstić information content (AvgIpc) is 2.36. The molecule has 0 saturated carbocycles. The van der Waals surface area contributed by atoms with Crippen molar-refractivity contribution in [2.24, 2.45) is 0 Å². The number of anilines is 1. The van der Waals surface area contributed by atoms with E-state index in [-0.39, 0.29) is 5.82 Å². The van der Waals surface area contributed by atoms with Crippen molar-refractivity contribution in [1.82, 2.24) is 0 Å². The van der Waals surface area contributed by atoms with Gasteiger partial charge in [0.2, 0.25) is 0 Å². The fourth-order valence-electron chi connectivity index (χ4n) is 1.85. The first kappa shape index (κ1) is 12.6. The van der Waals surface area contributed by atoms with Crippen molar-refractivity contribution in [3.63, 3.8) is 0 Å². The second kappa shape index (κ2) is 5.65. The van der Waals surface area contributed by atoms with E-state index in [0.717, 1.165) is 11.1 Å². The highest BCUT2D eigenvalue weighted by Gasteiger charge is 2.06. The molecule has 0 aliphatic heterocycles. The van der Waals surface area contributed by atoms with Gasteiger partial charge in [0.25, 0.3) is 0 Å². The Balaban J connectivity index is 1.99. The highest BCUT2D eigenvalue weighted by Crippen LogP contribution is 2.16. The molecule has 0 amide bonds. The standard InChI is InChI=1S/C15H16FNO/c1-11-7-13(16)9-14(8-11)17-10-15(18)12-5-3-2-4-6-12/h2-9,15,17-18H,10H2,1H3. The van der Waals surface area contributed by atoms with Crippen LogP contribution in [0.3, 0.4) is 0 Å². The van der Waals surface area contributed by atoms with E-state index >= 15 is 0 Å². The van der Waals surface area contributed by atoms with Crippen molar-refractivity contribution in [2.75, 3.05) is 11.9 Å². The topological polar surface area (TPSA) is 32.3 Å². The summed E-state index contributed by atoms with van der Waals surface area (Å²) in [4.78, 5) is 0. The predicted molar refractivity (Wildman–Crippen MR) is 71.0 cm³/mol. The van der Waals surface area contributed by atoms with Crippen molar-refractivity contribution in [2.45, 2.75) is 13.0 Å². The highest BCUT2D eigenvalue weighted by molar-refractivity contribution is 5.46. The van der Waals surface area contributed by atoms with E-state index in [0.29, 0.717) is 12.2 Å². The Labute approximate surface area is 106 Å². The second-order valence-corrected chi connectivity index (χ2v) is 4.32. The minimum Gasteiger partial charge on any atom is -0.387 e. The Kier molecular flexibility index (Phi) is 3.95. The van der Waals surface area contributed by atoms with E-state index in [1.165, 1.54) is 12.1 Å². The second-order valence-electron chi connectivity index (χ2n) is 4.32. The third-order valence-electron chi connectivity index (χ3n) is 2.73. The van der Waals surface area contributed by atoms with Gasteiger partial charge in [-0.2, -0.15) is 0 Å². The molecule has 2 nitrogen and oxygen atoms in total. The zero-order chi connectivity index (χ0) is 13.0. The van der Waals surface area contributed by atoms with Crippen LogP contribution in [0.5, 0.6) is 0 Å². The molecule has 0 aromatic heterocycles. The average molecular weight is 245 g/mol. The lowest BCUT2D eigenvalue weighted by Gasteiger charge is -2.13. The summed E-state index contributed by atoms with van der Waals surface area (Å²) in [6, 6.07) is 14.1. The van der Waals surface area contributed by atoms with E-state index in [9.17, 15) is 9.50 Å². The molecule has 0 spiro atoms. The summed E-state index contributed by atoms with van der Waals surface area (Å²) in [7, 11) is 0. The molecule has 2 rings (SSSR count). The Morgan fingerprint density at radius 3 is 2.56 bits per heavy atom. The smallest absolute Gasteiger partial charge is 0.125 e. The van der Waals surface area contributed by atoms with Crippen molar-refractivity contribution >= 4 is 5.69 Å². The van der Waals surface area contributed by atoms with Crippen molar-refractivity contribution in [3.05, 3.63) is 65.5 Å². The molecule has 0 saturated heterocycles. The molecule has 18 heavy (non-hydrogen) atoms. The van der Waals surface area contributed by atoms with Crippen LogP contribution in [0.1, 0.15) is 17.2 Å². The largest absolute Gasteiger partial charge is 0.387 e. The molecule has 1 unspecified atom stereocenters. The SMILES string of the molecule is Cc1cc(F)cc(NCC(O)c2ccccc2)c1. The number of hydrogen-bond acceptors (Lipinski definition) is 2. The van der Waals surface area contributed by atoms with Crippen LogP contribution in [-0.4, -0.2) is 11.7 Å². The van der Waals surface area contributed by atoms with Crippen LogP contribution in [0.25, 0.3) is 0 Å². The predicted octanol–water partition coefficient (Wildman–Crippen LogP) is 3.28. The quantitative estimate of drug-likeness (QED) is 0.866. The number of hydrogen-bond donors (Lipinski definition) is 2. The molecule has 0 bridgehead atoms. The van der Waals surface area contributed by atoms with Gasteiger partial charge in [-0.05, 0) is 36.2 Å². The van der Waals surface area contributed by atoms with Gasteiger partial charge in [-0.25, -0.2) is 4.39 Å².